The average molecular weight is 373 g/mol. The molecule has 0 spiro atoms. The normalized spacial score (nSPS) is 10.8. The molecule has 7 heteroatoms. The third kappa shape index (κ3) is 3.55. The Morgan fingerprint density at radius 2 is 1.75 bits per heavy atom. The second-order valence-electron chi connectivity index (χ2n) is 6.22. The van der Waals surface area contributed by atoms with E-state index in [4.69, 9.17) is 4.74 Å². The van der Waals surface area contributed by atoms with E-state index < -0.39 is 0 Å². The number of nitrogens with one attached hydrogen (secondary N) is 1. The van der Waals surface area contributed by atoms with Gasteiger partial charge in [0.05, 0.1) is 12.3 Å². The molecule has 0 aliphatic carbocycles. The summed E-state index contributed by atoms with van der Waals surface area (Å²) in [7, 11) is 0. The van der Waals surface area contributed by atoms with Crippen LogP contribution in [0.25, 0.3) is 16.9 Å². The number of fused-ring (bicyclic) bond motifs is 1. The lowest BCUT2D eigenvalue weighted by Gasteiger charge is -2.08. The number of benzene rings is 2. The molecular weight excluding hydrogens is 354 g/mol. The summed E-state index contributed by atoms with van der Waals surface area (Å²) in [6.07, 6.45) is 0. The van der Waals surface area contributed by atoms with Crippen molar-refractivity contribution < 1.29 is 9.53 Å². The zero-order valence-electron chi connectivity index (χ0n) is 15.6. The smallest absolute Gasteiger partial charge is 0.255 e. The van der Waals surface area contributed by atoms with Crippen molar-refractivity contribution in [2.24, 2.45) is 0 Å². The maximum atomic E-state index is 12.4. The molecule has 0 saturated carbocycles. The van der Waals surface area contributed by atoms with Crippen LogP contribution in [0.5, 0.6) is 5.75 Å². The van der Waals surface area contributed by atoms with Crippen LogP contribution in [0.2, 0.25) is 0 Å². The molecule has 7 nitrogen and oxygen atoms in total. The molecule has 28 heavy (non-hydrogen) atoms. The van der Waals surface area contributed by atoms with Crippen LogP contribution in [0.3, 0.4) is 0 Å². The zero-order chi connectivity index (χ0) is 19.5. The van der Waals surface area contributed by atoms with Crippen molar-refractivity contribution in [1.29, 1.82) is 0 Å². The fraction of sp³-hybridized carbons (Fsp3) is 0.143. The Bertz CT molecular complexity index is 1120. The Morgan fingerprint density at radius 1 is 1.00 bits per heavy atom. The summed E-state index contributed by atoms with van der Waals surface area (Å²) in [5.74, 6) is 1.31. The second-order valence-corrected chi connectivity index (χ2v) is 6.22. The van der Waals surface area contributed by atoms with Gasteiger partial charge in [0.15, 0.2) is 11.5 Å². The minimum Gasteiger partial charge on any atom is -0.494 e. The third-order valence-electron chi connectivity index (χ3n) is 4.28. The number of rotatable bonds is 5. The molecule has 4 aromatic rings. The summed E-state index contributed by atoms with van der Waals surface area (Å²) >= 11 is 0. The van der Waals surface area contributed by atoms with Crippen molar-refractivity contribution in [3.05, 3.63) is 72.1 Å². The molecule has 2 heterocycles. The van der Waals surface area contributed by atoms with Crippen LogP contribution in [0.1, 0.15) is 23.1 Å². The highest BCUT2D eigenvalue weighted by molar-refractivity contribution is 6.04. The molecule has 0 bridgehead atoms. The van der Waals surface area contributed by atoms with E-state index in [1.54, 1.807) is 28.8 Å². The average Bonchev–Trinajstić information content (AvgIpc) is 3.10. The van der Waals surface area contributed by atoms with Crippen molar-refractivity contribution in [2.45, 2.75) is 13.8 Å². The molecule has 2 aromatic carbocycles. The van der Waals surface area contributed by atoms with Gasteiger partial charge in [-0.25, -0.2) is 0 Å². The SMILES string of the molecule is CCOc1ccc(C(=O)Nc2ccc(-c3ccc4nnc(C)n4n3)cc2)cc1. The third-order valence-corrected chi connectivity index (χ3v) is 4.28. The lowest BCUT2D eigenvalue weighted by Crippen LogP contribution is -2.11. The van der Waals surface area contributed by atoms with Crippen molar-refractivity contribution >= 4 is 17.2 Å². The maximum absolute atomic E-state index is 12.4. The van der Waals surface area contributed by atoms with E-state index in [-0.39, 0.29) is 5.91 Å². The van der Waals surface area contributed by atoms with Crippen LogP contribution in [0.4, 0.5) is 5.69 Å². The van der Waals surface area contributed by atoms with Gasteiger partial charge >= 0.3 is 0 Å². The molecule has 140 valence electrons. The zero-order valence-corrected chi connectivity index (χ0v) is 15.6. The number of hydrogen-bond acceptors (Lipinski definition) is 5. The van der Waals surface area contributed by atoms with Crippen LogP contribution in [0, 0.1) is 6.92 Å². The molecule has 0 radical (unpaired) electrons. The first-order valence-corrected chi connectivity index (χ1v) is 8.98. The summed E-state index contributed by atoms with van der Waals surface area (Å²) in [4.78, 5) is 12.4. The van der Waals surface area contributed by atoms with E-state index >= 15 is 0 Å². The van der Waals surface area contributed by atoms with Gasteiger partial charge in [-0.15, -0.1) is 10.2 Å². The molecule has 0 saturated heterocycles. The molecule has 0 aliphatic heterocycles. The van der Waals surface area contributed by atoms with Crippen LogP contribution >= 0.6 is 0 Å². The monoisotopic (exact) mass is 373 g/mol. The standard InChI is InChI=1S/C21H19N5O2/c1-3-28-18-10-6-16(7-11-18)21(27)22-17-8-4-15(5-9-17)19-12-13-20-24-23-14(2)26(20)25-19/h4-13H,3H2,1-2H3,(H,22,27). The number of hydrogen-bond donors (Lipinski definition) is 1. The van der Waals surface area contributed by atoms with Gasteiger partial charge < -0.3 is 10.1 Å². The number of carbonyl (C=O) groups is 1. The van der Waals surface area contributed by atoms with Gasteiger partial charge in [0, 0.05) is 16.8 Å². The van der Waals surface area contributed by atoms with Gasteiger partial charge in [-0.05, 0) is 62.4 Å². The minimum absolute atomic E-state index is 0.171. The summed E-state index contributed by atoms with van der Waals surface area (Å²) < 4.78 is 7.10. The van der Waals surface area contributed by atoms with E-state index in [2.05, 4.69) is 20.6 Å². The molecule has 1 N–H and O–H groups in total. The molecule has 0 aliphatic rings. The first-order valence-electron chi connectivity index (χ1n) is 8.98. The van der Waals surface area contributed by atoms with Crippen LogP contribution < -0.4 is 10.1 Å². The number of amides is 1. The van der Waals surface area contributed by atoms with Gasteiger partial charge in [0.25, 0.3) is 5.91 Å². The number of aryl methyl sites for hydroxylation is 1. The Balaban J connectivity index is 1.49. The molecule has 0 fully saturated rings. The summed E-state index contributed by atoms with van der Waals surface area (Å²) in [5.41, 5.74) is 3.74. The van der Waals surface area contributed by atoms with Crippen LogP contribution in [-0.2, 0) is 0 Å². The summed E-state index contributed by atoms with van der Waals surface area (Å²) in [6.45, 7) is 4.37. The highest BCUT2D eigenvalue weighted by atomic mass is 16.5. The predicted molar refractivity (Wildman–Crippen MR) is 107 cm³/mol. The second kappa shape index (κ2) is 7.48. The van der Waals surface area contributed by atoms with Crippen molar-refractivity contribution in [1.82, 2.24) is 19.8 Å². The molecule has 1 amide bonds. The van der Waals surface area contributed by atoms with Gasteiger partial charge in [0.1, 0.15) is 5.75 Å². The van der Waals surface area contributed by atoms with Crippen molar-refractivity contribution in [3.63, 3.8) is 0 Å². The molecular formula is C21H19N5O2. The number of aromatic nitrogens is 4. The Hall–Kier alpha value is -3.74. The fourth-order valence-electron chi connectivity index (χ4n) is 2.85. The van der Waals surface area contributed by atoms with Crippen molar-refractivity contribution in [3.8, 4) is 17.0 Å². The largest absolute Gasteiger partial charge is 0.494 e. The van der Waals surface area contributed by atoms with Crippen LogP contribution in [0.15, 0.2) is 60.7 Å². The first-order chi connectivity index (χ1) is 13.6. The van der Waals surface area contributed by atoms with E-state index in [1.807, 2.05) is 50.2 Å². The Morgan fingerprint density at radius 3 is 2.46 bits per heavy atom. The molecule has 0 unspecified atom stereocenters. The predicted octanol–water partition coefficient (Wildman–Crippen LogP) is 3.75. The van der Waals surface area contributed by atoms with E-state index in [0.717, 1.165) is 22.8 Å². The molecule has 2 aromatic heterocycles. The lowest BCUT2D eigenvalue weighted by molar-refractivity contribution is 0.102. The highest BCUT2D eigenvalue weighted by Crippen LogP contribution is 2.21. The minimum atomic E-state index is -0.171. The molecule has 4 rings (SSSR count). The van der Waals surface area contributed by atoms with Gasteiger partial charge in [0.2, 0.25) is 0 Å². The van der Waals surface area contributed by atoms with Gasteiger partial charge in [-0.1, -0.05) is 12.1 Å². The van der Waals surface area contributed by atoms with Gasteiger partial charge in [-0.2, -0.15) is 9.61 Å². The number of carbonyl (C=O) groups excluding carboxylic acids is 1. The first kappa shape index (κ1) is 17.7. The van der Waals surface area contributed by atoms with E-state index in [9.17, 15) is 4.79 Å². The lowest BCUT2D eigenvalue weighted by atomic mass is 10.1. The summed E-state index contributed by atoms with van der Waals surface area (Å²) in [6, 6.07) is 18.4. The number of nitrogens with zero attached hydrogens (tertiary/aromatic N) is 4. The Kier molecular flexibility index (Phi) is 4.72. The van der Waals surface area contributed by atoms with E-state index in [0.29, 0.717) is 23.5 Å². The van der Waals surface area contributed by atoms with E-state index in [1.165, 1.54) is 0 Å². The highest BCUT2D eigenvalue weighted by Gasteiger charge is 2.08. The Labute approximate surface area is 162 Å². The topological polar surface area (TPSA) is 81.4 Å². The van der Waals surface area contributed by atoms with Gasteiger partial charge in [-0.3, -0.25) is 4.79 Å². The summed E-state index contributed by atoms with van der Waals surface area (Å²) in [5, 5.41) is 15.5. The molecule has 0 atom stereocenters. The number of anilines is 1. The van der Waals surface area contributed by atoms with Crippen LogP contribution in [-0.4, -0.2) is 32.3 Å². The number of ether oxygens (including phenoxy) is 1. The van der Waals surface area contributed by atoms with Crippen molar-refractivity contribution in [2.75, 3.05) is 11.9 Å². The fourth-order valence-corrected chi connectivity index (χ4v) is 2.85. The maximum Gasteiger partial charge on any atom is 0.255 e. The quantitative estimate of drug-likeness (QED) is 0.576.